The molecule has 0 aromatic heterocycles. The van der Waals surface area contributed by atoms with Gasteiger partial charge in [-0.3, -0.25) is 9.89 Å². The summed E-state index contributed by atoms with van der Waals surface area (Å²) in [5, 5.41) is 10.9. The van der Waals surface area contributed by atoms with Crippen LogP contribution in [0.2, 0.25) is 0 Å². The predicted molar refractivity (Wildman–Crippen MR) is 87.8 cm³/mol. The Bertz CT molecular complexity index is 669. The molecule has 0 radical (unpaired) electrons. The van der Waals surface area contributed by atoms with Crippen molar-refractivity contribution in [3.05, 3.63) is 29.8 Å². The maximum atomic E-state index is 10.9. The lowest BCUT2D eigenvalue weighted by molar-refractivity contribution is -0.0779. The molecule has 3 aliphatic heterocycles. The van der Waals surface area contributed by atoms with Gasteiger partial charge in [0.15, 0.2) is 0 Å². The molecule has 3 heteroatoms. The van der Waals surface area contributed by atoms with E-state index in [9.17, 15) is 5.11 Å². The zero-order valence-electron chi connectivity index (χ0n) is 13.3. The molecule has 3 heterocycles. The molecule has 4 unspecified atom stereocenters. The fourth-order valence-corrected chi connectivity index (χ4v) is 5.91. The lowest BCUT2D eigenvalue weighted by Crippen LogP contribution is -2.62. The number of hydrogen-bond donors (Lipinski definition) is 1. The van der Waals surface area contributed by atoms with Crippen LogP contribution in [0.3, 0.4) is 0 Å². The average Bonchev–Trinajstić information content (AvgIpc) is 3.07. The number of hydrogen-bond acceptors (Lipinski definition) is 3. The van der Waals surface area contributed by atoms with Gasteiger partial charge in [-0.25, -0.2) is 0 Å². The first-order valence-corrected chi connectivity index (χ1v) is 8.80. The van der Waals surface area contributed by atoms with E-state index in [0.29, 0.717) is 12.0 Å². The van der Waals surface area contributed by atoms with E-state index in [2.05, 4.69) is 36.1 Å². The molecule has 5 rings (SSSR count). The van der Waals surface area contributed by atoms with Gasteiger partial charge in [-0.1, -0.05) is 25.1 Å². The minimum Gasteiger partial charge on any atom is -0.389 e. The summed E-state index contributed by atoms with van der Waals surface area (Å²) in [6.07, 6.45) is 5.34. The highest BCUT2D eigenvalue weighted by molar-refractivity contribution is 6.03. The van der Waals surface area contributed by atoms with Crippen molar-refractivity contribution in [2.24, 2.45) is 10.9 Å². The summed E-state index contributed by atoms with van der Waals surface area (Å²) in [6, 6.07) is 9.33. The molecule has 3 nitrogen and oxygen atoms in total. The van der Waals surface area contributed by atoms with E-state index < -0.39 is 5.60 Å². The Hall–Kier alpha value is -1.19. The van der Waals surface area contributed by atoms with E-state index in [0.717, 1.165) is 32.4 Å². The van der Waals surface area contributed by atoms with Crippen molar-refractivity contribution in [3.8, 4) is 0 Å². The molecule has 1 aliphatic carbocycles. The van der Waals surface area contributed by atoms with Gasteiger partial charge in [0.05, 0.1) is 16.7 Å². The summed E-state index contributed by atoms with van der Waals surface area (Å²) in [6.45, 7) is 4.09. The van der Waals surface area contributed by atoms with Crippen molar-refractivity contribution < 1.29 is 5.11 Å². The third-order valence-corrected chi connectivity index (χ3v) is 6.84. The number of fused-ring (bicyclic) bond motifs is 1. The van der Waals surface area contributed by atoms with Crippen LogP contribution in [0.25, 0.3) is 0 Å². The second kappa shape index (κ2) is 4.21. The van der Waals surface area contributed by atoms with Crippen LogP contribution in [0.1, 0.15) is 44.6 Å². The Morgan fingerprint density at radius 3 is 3.09 bits per heavy atom. The zero-order chi connectivity index (χ0) is 14.9. The van der Waals surface area contributed by atoms with Gasteiger partial charge in [0.2, 0.25) is 0 Å². The minimum atomic E-state index is -0.473. The third kappa shape index (κ3) is 1.47. The third-order valence-electron chi connectivity index (χ3n) is 6.84. The summed E-state index contributed by atoms with van der Waals surface area (Å²) < 4.78 is 0. The van der Waals surface area contributed by atoms with E-state index >= 15 is 0 Å². The van der Waals surface area contributed by atoms with E-state index in [4.69, 9.17) is 4.99 Å². The molecular weight excluding hydrogens is 272 g/mol. The van der Waals surface area contributed by atoms with Crippen molar-refractivity contribution in [1.82, 2.24) is 4.90 Å². The highest BCUT2D eigenvalue weighted by atomic mass is 16.3. The van der Waals surface area contributed by atoms with Crippen LogP contribution in [0.4, 0.5) is 5.69 Å². The first kappa shape index (κ1) is 13.3. The Labute approximate surface area is 132 Å². The van der Waals surface area contributed by atoms with Crippen LogP contribution in [0.5, 0.6) is 0 Å². The maximum Gasteiger partial charge on any atom is 0.0774 e. The monoisotopic (exact) mass is 296 g/mol. The van der Waals surface area contributed by atoms with Crippen LogP contribution in [-0.4, -0.2) is 40.5 Å². The average molecular weight is 296 g/mol. The Morgan fingerprint density at radius 2 is 2.23 bits per heavy atom. The molecule has 4 aliphatic rings. The SMILES string of the molecule is CCC1(O)CC2CCC3=Nc4ccccc4C34CCN(C1)C24. The molecule has 0 bridgehead atoms. The van der Waals surface area contributed by atoms with E-state index in [1.54, 1.807) is 0 Å². The van der Waals surface area contributed by atoms with Gasteiger partial charge in [0.25, 0.3) is 0 Å². The van der Waals surface area contributed by atoms with Gasteiger partial charge >= 0.3 is 0 Å². The van der Waals surface area contributed by atoms with Gasteiger partial charge < -0.3 is 5.11 Å². The molecule has 1 N–H and O–H groups in total. The van der Waals surface area contributed by atoms with E-state index in [-0.39, 0.29) is 5.41 Å². The topological polar surface area (TPSA) is 35.8 Å². The molecule has 4 atom stereocenters. The van der Waals surface area contributed by atoms with Gasteiger partial charge in [-0.05, 0) is 56.2 Å². The summed E-state index contributed by atoms with van der Waals surface area (Å²) in [7, 11) is 0. The number of rotatable bonds is 1. The first-order chi connectivity index (χ1) is 10.7. The summed E-state index contributed by atoms with van der Waals surface area (Å²) in [5.74, 6) is 0.617. The Balaban J connectivity index is 1.64. The minimum absolute atomic E-state index is 0.161. The van der Waals surface area contributed by atoms with Crippen LogP contribution in [0, 0.1) is 5.92 Å². The van der Waals surface area contributed by atoms with Crippen LogP contribution in [-0.2, 0) is 5.41 Å². The standard InChI is InChI=1S/C19H24N2O/c1-2-18(22)11-13-7-8-16-19(9-10-21(12-18)17(13)19)14-5-3-4-6-15(14)20-16/h3-6,13,17,22H,2,7-12H2,1H3. The highest BCUT2D eigenvalue weighted by Gasteiger charge is 2.62. The fraction of sp³-hybridized carbons (Fsp3) is 0.632. The summed E-state index contributed by atoms with van der Waals surface area (Å²) in [4.78, 5) is 7.61. The van der Waals surface area contributed by atoms with E-state index in [1.807, 2.05) is 0 Å². The van der Waals surface area contributed by atoms with Gasteiger partial charge in [0.1, 0.15) is 0 Å². The molecule has 3 fully saturated rings. The zero-order valence-corrected chi connectivity index (χ0v) is 13.3. The molecule has 22 heavy (non-hydrogen) atoms. The second-order valence-corrected chi connectivity index (χ2v) is 7.79. The van der Waals surface area contributed by atoms with Crippen LogP contribution in [0.15, 0.2) is 29.3 Å². The van der Waals surface area contributed by atoms with Crippen molar-refractivity contribution in [3.63, 3.8) is 0 Å². The molecule has 2 saturated heterocycles. The second-order valence-electron chi connectivity index (χ2n) is 7.79. The van der Waals surface area contributed by atoms with Gasteiger partial charge in [-0.2, -0.15) is 0 Å². The maximum absolute atomic E-state index is 10.9. The van der Waals surface area contributed by atoms with Gasteiger partial charge in [0, 0.05) is 18.3 Å². The normalized spacial score (nSPS) is 42.5. The summed E-state index contributed by atoms with van der Waals surface area (Å²) in [5.41, 5.74) is 3.79. The molecular formula is C19H24N2O. The number of aliphatic imine (C=N–C) groups is 1. The lowest BCUT2D eigenvalue weighted by atomic mass is 9.59. The van der Waals surface area contributed by atoms with Crippen molar-refractivity contribution >= 4 is 11.4 Å². The number of para-hydroxylation sites is 1. The van der Waals surface area contributed by atoms with Gasteiger partial charge in [-0.15, -0.1) is 0 Å². The fourth-order valence-electron chi connectivity index (χ4n) is 5.91. The molecule has 0 amide bonds. The predicted octanol–water partition coefficient (Wildman–Crippen LogP) is 3.04. The number of aliphatic hydroxyl groups is 1. The smallest absolute Gasteiger partial charge is 0.0774 e. The number of piperidine rings is 1. The number of benzene rings is 1. The molecule has 1 saturated carbocycles. The highest BCUT2D eigenvalue weighted by Crippen LogP contribution is 2.58. The van der Waals surface area contributed by atoms with Crippen molar-refractivity contribution in [2.75, 3.05) is 13.1 Å². The Kier molecular flexibility index (Phi) is 2.54. The van der Waals surface area contributed by atoms with Crippen molar-refractivity contribution in [2.45, 2.75) is 56.1 Å². The quantitative estimate of drug-likeness (QED) is 0.864. The Morgan fingerprint density at radius 1 is 1.36 bits per heavy atom. The van der Waals surface area contributed by atoms with Crippen LogP contribution < -0.4 is 0 Å². The summed E-state index contributed by atoms with van der Waals surface area (Å²) >= 11 is 0. The largest absolute Gasteiger partial charge is 0.389 e. The molecule has 1 spiro atoms. The van der Waals surface area contributed by atoms with Crippen molar-refractivity contribution in [1.29, 1.82) is 0 Å². The van der Waals surface area contributed by atoms with E-state index in [1.165, 1.54) is 29.8 Å². The number of nitrogens with zero attached hydrogens (tertiary/aromatic N) is 2. The lowest BCUT2D eigenvalue weighted by Gasteiger charge is -2.53. The molecule has 116 valence electrons. The van der Waals surface area contributed by atoms with Crippen LogP contribution >= 0.6 is 0 Å². The molecule has 1 aromatic carbocycles. The first-order valence-electron chi connectivity index (χ1n) is 8.80. The molecule has 1 aromatic rings.